The Morgan fingerprint density at radius 3 is 2.09 bits per heavy atom. The first kappa shape index (κ1) is 16.0. The van der Waals surface area contributed by atoms with Gasteiger partial charge in [0.05, 0.1) is 0 Å². The van der Waals surface area contributed by atoms with Gasteiger partial charge in [0.2, 0.25) is 5.91 Å². The van der Waals surface area contributed by atoms with Gasteiger partial charge in [0.1, 0.15) is 0 Å². The second-order valence-corrected chi connectivity index (χ2v) is 6.56. The monoisotopic (exact) mass is 315 g/mol. The Morgan fingerprint density at radius 2 is 1.48 bits per heavy atom. The van der Waals surface area contributed by atoms with Crippen LogP contribution < -0.4 is 0 Å². The third-order valence-corrected chi connectivity index (χ3v) is 4.97. The number of benzene rings is 1. The molecule has 0 unspecified atom stereocenters. The normalized spacial score (nSPS) is 20.6. The maximum absolute atomic E-state index is 12.6. The fraction of sp³-hybridized carbons (Fsp3) is 0.556. The van der Waals surface area contributed by atoms with E-state index in [-0.39, 0.29) is 17.7 Å². The molecule has 3 rings (SSSR count). The van der Waals surface area contributed by atoms with Gasteiger partial charge in [0.15, 0.2) is 0 Å². The number of likely N-dealkylation sites (tertiary alicyclic amines) is 1. The van der Waals surface area contributed by atoms with Crippen molar-refractivity contribution in [1.29, 1.82) is 0 Å². The molecular weight excluding hydrogens is 290 g/mol. The zero-order valence-electron chi connectivity index (χ0n) is 13.8. The Kier molecular flexibility index (Phi) is 4.96. The summed E-state index contributed by atoms with van der Waals surface area (Å²) >= 11 is 0. The van der Waals surface area contributed by atoms with Gasteiger partial charge in [-0.05, 0) is 32.0 Å². The number of amides is 2. The summed E-state index contributed by atoms with van der Waals surface area (Å²) in [5, 5.41) is 0. The Labute approximate surface area is 137 Å². The molecule has 5 heteroatoms. The molecule has 0 bridgehead atoms. The lowest BCUT2D eigenvalue weighted by molar-refractivity contribution is -0.138. The number of hydrogen-bond donors (Lipinski definition) is 0. The number of piperazine rings is 1. The molecule has 0 radical (unpaired) electrons. The van der Waals surface area contributed by atoms with Crippen LogP contribution in [-0.4, -0.2) is 72.8 Å². The average molecular weight is 315 g/mol. The van der Waals surface area contributed by atoms with Gasteiger partial charge in [-0.1, -0.05) is 18.2 Å². The predicted octanol–water partition coefficient (Wildman–Crippen LogP) is 1.31. The Bertz CT molecular complexity index is 545. The summed E-state index contributed by atoms with van der Waals surface area (Å²) in [5.74, 6) is 0.444. The lowest BCUT2D eigenvalue weighted by Crippen LogP contribution is -2.51. The van der Waals surface area contributed by atoms with Gasteiger partial charge in [-0.2, -0.15) is 0 Å². The number of nitrogens with zero attached hydrogens (tertiary/aromatic N) is 3. The molecule has 2 amide bonds. The van der Waals surface area contributed by atoms with E-state index in [9.17, 15) is 9.59 Å². The largest absolute Gasteiger partial charge is 0.340 e. The first-order valence-electron chi connectivity index (χ1n) is 8.47. The van der Waals surface area contributed by atoms with Gasteiger partial charge < -0.3 is 14.7 Å². The summed E-state index contributed by atoms with van der Waals surface area (Å²) in [7, 11) is 2.09. The summed E-state index contributed by atoms with van der Waals surface area (Å²) in [6.45, 7) is 4.93. The van der Waals surface area contributed by atoms with Gasteiger partial charge in [0.25, 0.3) is 5.91 Å². The van der Waals surface area contributed by atoms with E-state index in [1.165, 1.54) is 0 Å². The maximum Gasteiger partial charge on any atom is 0.253 e. The molecule has 2 saturated heterocycles. The van der Waals surface area contributed by atoms with Crippen molar-refractivity contribution in [3.05, 3.63) is 35.9 Å². The number of hydrogen-bond acceptors (Lipinski definition) is 3. The lowest BCUT2D eigenvalue weighted by Gasteiger charge is -2.37. The second-order valence-electron chi connectivity index (χ2n) is 6.56. The van der Waals surface area contributed by atoms with Crippen molar-refractivity contribution in [2.24, 2.45) is 5.92 Å². The predicted molar refractivity (Wildman–Crippen MR) is 89.1 cm³/mol. The molecule has 0 saturated carbocycles. The smallest absolute Gasteiger partial charge is 0.253 e. The second kappa shape index (κ2) is 7.13. The fourth-order valence-electron chi connectivity index (χ4n) is 3.38. The van der Waals surface area contributed by atoms with Crippen molar-refractivity contribution in [2.45, 2.75) is 12.8 Å². The van der Waals surface area contributed by atoms with Crippen LogP contribution in [0, 0.1) is 5.92 Å². The summed E-state index contributed by atoms with van der Waals surface area (Å²) < 4.78 is 0. The van der Waals surface area contributed by atoms with Crippen molar-refractivity contribution < 1.29 is 9.59 Å². The van der Waals surface area contributed by atoms with Crippen molar-refractivity contribution in [1.82, 2.24) is 14.7 Å². The third-order valence-electron chi connectivity index (χ3n) is 4.97. The first-order chi connectivity index (χ1) is 11.1. The number of carbonyl (C=O) groups is 2. The minimum absolute atomic E-state index is 0.0797. The molecule has 0 atom stereocenters. The van der Waals surface area contributed by atoms with Crippen LogP contribution in [-0.2, 0) is 4.79 Å². The number of rotatable bonds is 2. The number of carbonyl (C=O) groups excluding carboxylic acids is 2. The van der Waals surface area contributed by atoms with E-state index < -0.39 is 0 Å². The van der Waals surface area contributed by atoms with Gasteiger partial charge in [-0.15, -0.1) is 0 Å². The fourth-order valence-corrected chi connectivity index (χ4v) is 3.38. The highest BCUT2D eigenvalue weighted by Gasteiger charge is 2.31. The highest BCUT2D eigenvalue weighted by Crippen LogP contribution is 2.21. The topological polar surface area (TPSA) is 43.9 Å². The molecule has 124 valence electrons. The molecule has 0 aromatic heterocycles. The zero-order chi connectivity index (χ0) is 16.2. The van der Waals surface area contributed by atoms with Crippen LogP contribution in [0.1, 0.15) is 23.2 Å². The molecule has 2 fully saturated rings. The molecule has 0 N–H and O–H groups in total. The molecule has 2 aliphatic heterocycles. The molecule has 5 nitrogen and oxygen atoms in total. The van der Waals surface area contributed by atoms with Crippen LogP contribution in [0.15, 0.2) is 30.3 Å². The van der Waals surface area contributed by atoms with E-state index in [0.717, 1.165) is 44.6 Å². The quantitative estimate of drug-likeness (QED) is 0.826. The summed E-state index contributed by atoms with van der Waals surface area (Å²) in [6, 6.07) is 9.39. The minimum atomic E-state index is 0.0797. The molecular formula is C18H25N3O2. The molecule has 2 aliphatic rings. The zero-order valence-corrected chi connectivity index (χ0v) is 13.8. The van der Waals surface area contributed by atoms with E-state index in [1.54, 1.807) is 0 Å². The van der Waals surface area contributed by atoms with Crippen LogP contribution in [0.5, 0.6) is 0 Å². The van der Waals surface area contributed by atoms with Gasteiger partial charge in [-0.3, -0.25) is 9.59 Å². The SMILES string of the molecule is CN1CCN(C(=O)C2CCN(C(=O)c3ccccc3)CC2)CC1. The number of piperidine rings is 1. The molecule has 23 heavy (non-hydrogen) atoms. The van der Waals surface area contributed by atoms with Gasteiger partial charge in [0, 0.05) is 50.7 Å². The van der Waals surface area contributed by atoms with Gasteiger partial charge in [-0.25, -0.2) is 0 Å². The highest BCUT2D eigenvalue weighted by molar-refractivity contribution is 5.94. The summed E-state index contributed by atoms with van der Waals surface area (Å²) in [4.78, 5) is 31.2. The summed E-state index contributed by atoms with van der Waals surface area (Å²) in [5.41, 5.74) is 0.733. The van der Waals surface area contributed by atoms with Crippen molar-refractivity contribution >= 4 is 11.8 Å². The van der Waals surface area contributed by atoms with E-state index in [1.807, 2.05) is 40.1 Å². The molecule has 1 aromatic rings. The van der Waals surface area contributed by atoms with Crippen molar-refractivity contribution in [3.8, 4) is 0 Å². The van der Waals surface area contributed by atoms with Crippen LogP contribution in [0.3, 0.4) is 0 Å². The maximum atomic E-state index is 12.6. The van der Waals surface area contributed by atoms with E-state index in [0.29, 0.717) is 13.1 Å². The molecule has 0 spiro atoms. The van der Waals surface area contributed by atoms with Crippen molar-refractivity contribution in [3.63, 3.8) is 0 Å². The molecule has 0 aliphatic carbocycles. The Hall–Kier alpha value is -1.88. The Balaban J connectivity index is 1.52. The average Bonchev–Trinajstić information content (AvgIpc) is 2.62. The standard InChI is InChI=1S/C18H25N3O2/c1-19-11-13-21(14-12-19)18(23)16-7-9-20(10-8-16)17(22)15-5-3-2-4-6-15/h2-6,16H,7-14H2,1H3. The third kappa shape index (κ3) is 3.72. The highest BCUT2D eigenvalue weighted by atomic mass is 16.2. The van der Waals surface area contributed by atoms with Gasteiger partial charge >= 0.3 is 0 Å². The number of likely N-dealkylation sites (N-methyl/N-ethyl adjacent to an activating group) is 1. The van der Waals surface area contributed by atoms with Crippen LogP contribution in [0.4, 0.5) is 0 Å². The van der Waals surface area contributed by atoms with E-state index in [2.05, 4.69) is 11.9 Å². The first-order valence-corrected chi connectivity index (χ1v) is 8.47. The lowest BCUT2D eigenvalue weighted by atomic mass is 9.94. The van der Waals surface area contributed by atoms with Crippen molar-refractivity contribution in [2.75, 3.05) is 46.3 Å². The molecule has 1 aromatic carbocycles. The van der Waals surface area contributed by atoms with E-state index >= 15 is 0 Å². The minimum Gasteiger partial charge on any atom is -0.340 e. The summed E-state index contributed by atoms with van der Waals surface area (Å²) in [6.07, 6.45) is 1.56. The van der Waals surface area contributed by atoms with Crippen LogP contribution >= 0.6 is 0 Å². The van der Waals surface area contributed by atoms with E-state index in [4.69, 9.17) is 0 Å². The van der Waals surface area contributed by atoms with Crippen LogP contribution in [0.2, 0.25) is 0 Å². The molecule has 2 heterocycles. The van der Waals surface area contributed by atoms with Crippen LogP contribution in [0.25, 0.3) is 0 Å². The Morgan fingerprint density at radius 1 is 0.870 bits per heavy atom.